The number of anilines is 2. The Morgan fingerprint density at radius 1 is 1.12 bits per heavy atom. The minimum atomic E-state index is -0.146. The van der Waals surface area contributed by atoms with E-state index >= 15 is 0 Å². The lowest BCUT2D eigenvalue weighted by Crippen LogP contribution is -2.46. The van der Waals surface area contributed by atoms with Crippen LogP contribution in [0.2, 0.25) is 0 Å². The van der Waals surface area contributed by atoms with Crippen molar-refractivity contribution in [2.24, 2.45) is 0 Å². The van der Waals surface area contributed by atoms with Crippen LogP contribution in [-0.4, -0.2) is 62.3 Å². The molecule has 1 saturated heterocycles. The third-order valence-corrected chi connectivity index (χ3v) is 4.41. The van der Waals surface area contributed by atoms with Gasteiger partial charge >= 0.3 is 0 Å². The van der Waals surface area contributed by atoms with Gasteiger partial charge in [-0.3, -0.25) is 4.79 Å². The number of carbonyl (C=O) groups excluding carboxylic acids is 1. The van der Waals surface area contributed by atoms with Crippen LogP contribution in [0.15, 0.2) is 42.7 Å². The summed E-state index contributed by atoms with van der Waals surface area (Å²) in [5, 5.41) is 2.85. The molecule has 0 aliphatic carbocycles. The van der Waals surface area contributed by atoms with Crippen molar-refractivity contribution < 1.29 is 9.53 Å². The second-order valence-electron chi connectivity index (χ2n) is 6.17. The topological polar surface area (TPSA) is 70.6 Å². The Balaban J connectivity index is 1.51. The van der Waals surface area contributed by atoms with Gasteiger partial charge in [0.2, 0.25) is 0 Å². The second-order valence-corrected chi connectivity index (χ2v) is 6.17. The van der Waals surface area contributed by atoms with Crippen molar-refractivity contribution in [3.05, 3.63) is 48.4 Å². The van der Waals surface area contributed by atoms with E-state index in [0.717, 1.165) is 44.1 Å². The van der Waals surface area contributed by atoms with Gasteiger partial charge in [-0.1, -0.05) is 6.07 Å². The summed E-state index contributed by atoms with van der Waals surface area (Å²) < 4.78 is 4.97. The van der Waals surface area contributed by atoms with Crippen LogP contribution in [-0.2, 0) is 4.74 Å². The number of nitrogens with zero attached hydrogens (tertiary/aromatic N) is 4. The molecule has 0 bridgehead atoms. The molecular weight excluding hydrogens is 330 g/mol. The average molecular weight is 355 g/mol. The Hall–Kier alpha value is -2.67. The number of carbonyl (C=O) groups is 1. The molecule has 0 atom stereocenters. The molecule has 0 radical (unpaired) electrons. The summed E-state index contributed by atoms with van der Waals surface area (Å²) in [7, 11) is 1.65. The molecule has 1 aliphatic heterocycles. The van der Waals surface area contributed by atoms with Gasteiger partial charge in [0.15, 0.2) is 0 Å². The van der Waals surface area contributed by atoms with Gasteiger partial charge in [-0.05, 0) is 30.7 Å². The maximum absolute atomic E-state index is 12.1. The molecule has 0 spiro atoms. The van der Waals surface area contributed by atoms with E-state index in [1.807, 2.05) is 30.5 Å². The highest BCUT2D eigenvalue weighted by Gasteiger charge is 2.18. The standard InChI is InChI=1S/C19H25N5O2/c1-26-14-4-9-21-19(25)17-7-6-16(15-22-17)23-10-12-24(13-11-23)18-5-2-3-8-20-18/h2-3,5-8,15H,4,9-14H2,1H3,(H,21,25). The molecular formula is C19H25N5O2. The molecule has 1 N–H and O–H groups in total. The zero-order valence-corrected chi connectivity index (χ0v) is 15.1. The molecule has 138 valence electrons. The van der Waals surface area contributed by atoms with Crippen molar-refractivity contribution in [2.75, 3.05) is 56.2 Å². The van der Waals surface area contributed by atoms with Gasteiger partial charge in [0.05, 0.1) is 11.9 Å². The van der Waals surface area contributed by atoms with Gasteiger partial charge < -0.3 is 19.9 Å². The fraction of sp³-hybridized carbons (Fsp3) is 0.421. The molecule has 0 saturated carbocycles. The number of methoxy groups -OCH3 is 1. The van der Waals surface area contributed by atoms with Crippen molar-refractivity contribution in [1.29, 1.82) is 0 Å². The maximum atomic E-state index is 12.1. The fourth-order valence-electron chi connectivity index (χ4n) is 2.95. The van der Waals surface area contributed by atoms with Gasteiger partial charge in [-0.15, -0.1) is 0 Å². The third-order valence-electron chi connectivity index (χ3n) is 4.41. The lowest BCUT2D eigenvalue weighted by molar-refractivity contribution is 0.0943. The largest absolute Gasteiger partial charge is 0.385 e. The molecule has 7 nitrogen and oxygen atoms in total. The van der Waals surface area contributed by atoms with Gasteiger partial charge in [-0.2, -0.15) is 0 Å². The summed E-state index contributed by atoms with van der Waals surface area (Å²) in [6, 6.07) is 9.73. The molecule has 1 amide bonds. The van der Waals surface area contributed by atoms with E-state index in [4.69, 9.17) is 4.74 Å². The first-order chi connectivity index (χ1) is 12.8. The average Bonchev–Trinajstić information content (AvgIpc) is 2.72. The van der Waals surface area contributed by atoms with E-state index in [0.29, 0.717) is 18.8 Å². The molecule has 0 aromatic carbocycles. The van der Waals surface area contributed by atoms with Crippen molar-refractivity contribution in [1.82, 2.24) is 15.3 Å². The summed E-state index contributed by atoms with van der Waals surface area (Å²) >= 11 is 0. The van der Waals surface area contributed by atoms with E-state index in [1.54, 1.807) is 19.4 Å². The summed E-state index contributed by atoms with van der Waals surface area (Å²) in [6.45, 7) is 4.86. The summed E-state index contributed by atoms with van der Waals surface area (Å²) in [5.41, 5.74) is 1.49. The maximum Gasteiger partial charge on any atom is 0.269 e. The van der Waals surface area contributed by atoms with E-state index < -0.39 is 0 Å². The molecule has 3 heterocycles. The van der Waals surface area contributed by atoms with Crippen molar-refractivity contribution >= 4 is 17.4 Å². The Kier molecular flexibility index (Phi) is 6.38. The highest BCUT2D eigenvalue weighted by Crippen LogP contribution is 2.18. The molecule has 26 heavy (non-hydrogen) atoms. The van der Waals surface area contributed by atoms with Crippen LogP contribution in [0.1, 0.15) is 16.9 Å². The van der Waals surface area contributed by atoms with Crippen LogP contribution in [0.3, 0.4) is 0 Å². The van der Waals surface area contributed by atoms with Crippen LogP contribution >= 0.6 is 0 Å². The Labute approximate surface area is 154 Å². The fourth-order valence-corrected chi connectivity index (χ4v) is 2.95. The minimum absolute atomic E-state index is 0.146. The number of rotatable bonds is 7. The number of amides is 1. The molecule has 0 unspecified atom stereocenters. The smallest absolute Gasteiger partial charge is 0.269 e. The first kappa shape index (κ1) is 18.1. The SMILES string of the molecule is COCCCNC(=O)c1ccc(N2CCN(c3ccccn3)CC2)cn1. The lowest BCUT2D eigenvalue weighted by Gasteiger charge is -2.36. The molecule has 7 heteroatoms. The van der Waals surface area contributed by atoms with Crippen LogP contribution in [0, 0.1) is 0 Å². The second kappa shape index (κ2) is 9.15. The number of piperazine rings is 1. The van der Waals surface area contributed by atoms with Crippen molar-refractivity contribution in [3.63, 3.8) is 0 Å². The first-order valence-corrected chi connectivity index (χ1v) is 8.92. The summed E-state index contributed by atoms with van der Waals surface area (Å²) in [4.78, 5) is 25.4. The van der Waals surface area contributed by atoms with Crippen molar-refractivity contribution in [3.8, 4) is 0 Å². The van der Waals surface area contributed by atoms with Crippen LogP contribution in [0.5, 0.6) is 0 Å². The summed E-state index contributed by atoms with van der Waals surface area (Å²) in [5.74, 6) is 0.874. The molecule has 3 rings (SSSR count). The number of aromatic nitrogens is 2. The Morgan fingerprint density at radius 3 is 2.58 bits per heavy atom. The summed E-state index contributed by atoms with van der Waals surface area (Å²) in [6.07, 6.45) is 4.39. The molecule has 1 fully saturated rings. The van der Waals surface area contributed by atoms with E-state index in [-0.39, 0.29) is 5.91 Å². The van der Waals surface area contributed by atoms with E-state index in [9.17, 15) is 4.79 Å². The van der Waals surface area contributed by atoms with Crippen LogP contribution < -0.4 is 15.1 Å². The van der Waals surface area contributed by atoms with Gasteiger partial charge in [0.1, 0.15) is 11.5 Å². The van der Waals surface area contributed by atoms with Gasteiger partial charge in [0, 0.05) is 52.6 Å². The van der Waals surface area contributed by atoms with Crippen LogP contribution in [0.4, 0.5) is 11.5 Å². The zero-order chi connectivity index (χ0) is 18.2. The first-order valence-electron chi connectivity index (χ1n) is 8.92. The lowest BCUT2D eigenvalue weighted by atomic mass is 10.2. The van der Waals surface area contributed by atoms with E-state index in [1.165, 1.54) is 0 Å². The number of nitrogens with one attached hydrogen (secondary N) is 1. The predicted octanol–water partition coefficient (Wildman–Crippen LogP) is 1.57. The minimum Gasteiger partial charge on any atom is -0.385 e. The highest BCUT2D eigenvalue weighted by molar-refractivity contribution is 5.92. The number of ether oxygens (including phenoxy) is 1. The molecule has 2 aromatic rings. The van der Waals surface area contributed by atoms with E-state index in [2.05, 4.69) is 25.1 Å². The van der Waals surface area contributed by atoms with Gasteiger partial charge in [-0.25, -0.2) is 9.97 Å². The van der Waals surface area contributed by atoms with Crippen molar-refractivity contribution in [2.45, 2.75) is 6.42 Å². The number of pyridine rings is 2. The normalized spacial score (nSPS) is 14.3. The third kappa shape index (κ3) is 4.70. The number of hydrogen-bond acceptors (Lipinski definition) is 6. The van der Waals surface area contributed by atoms with Gasteiger partial charge in [0.25, 0.3) is 5.91 Å². The highest BCUT2D eigenvalue weighted by atomic mass is 16.5. The zero-order valence-electron chi connectivity index (χ0n) is 15.1. The monoisotopic (exact) mass is 355 g/mol. The Morgan fingerprint density at radius 2 is 1.92 bits per heavy atom. The molecule has 1 aliphatic rings. The predicted molar refractivity (Wildman–Crippen MR) is 102 cm³/mol. The Bertz CT molecular complexity index is 685. The number of hydrogen-bond donors (Lipinski definition) is 1. The molecule has 2 aromatic heterocycles. The quantitative estimate of drug-likeness (QED) is 0.760. The van der Waals surface area contributed by atoms with Crippen LogP contribution in [0.25, 0.3) is 0 Å².